The number of Topliss-reactive ketones (excluding diaryl/α,β-unsaturated/α-hetero) is 1. The average Bonchev–Trinajstić information content (AvgIpc) is 2.95. The summed E-state index contributed by atoms with van der Waals surface area (Å²) >= 11 is 1.52. The van der Waals surface area contributed by atoms with Gasteiger partial charge in [-0.15, -0.1) is 11.3 Å². The molecule has 0 aliphatic heterocycles. The number of ketones is 1. The van der Waals surface area contributed by atoms with Gasteiger partial charge in [0.2, 0.25) is 0 Å². The quantitative estimate of drug-likeness (QED) is 0.688. The molecule has 3 aromatic rings. The smallest absolute Gasteiger partial charge is 0.190 e. The third kappa shape index (κ3) is 2.17. The molecule has 0 fully saturated rings. The summed E-state index contributed by atoms with van der Waals surface area (Å²) in [4.78, 5) is 16.7. The fourth-order valence-electron chi connectivity index (χ4n) is 2.12. The van der Waals surface area contributed by atoms with Gasteiger partial charge >= 0.3 is 0 Å². The van der Waals surface area contributed by atoms with Crippen LogP contribution in [0.2, 0.25) is 0 Å². The van der Waals surface area contributed by atoms with Crippen molar-refractivity contribution in [1.82, 2.24) is 14.8 Å². The maximum Gasteiger partial charge on any atom is 0.190 e. The predicted molar refractivity (Wildman–Crippen MR) is 75.6 cm³/mol. The lowest BCUT2D eigenvalue weighted by Gasteiger charge is -1.94. The monoisotopic (exact) mass is 271 g/mol. The Bertz CT molecular complexity index is 757. The number of carbonyl (C=O) groups is 1. The molecule has 0 radical (unpaired) electrons. The molecule has 96 valence electrons. The zero-order valence-corrected chi connectivity index (χ0v) is 11.6. The molecule has 2 heterocycles. The van der Waals surface area contributed by atoms with Gasteiger partial charge in [-0.25, -0.2) is 4.98 Å². The summed E-state index contributed by atoms with van der Waals surface area (Å²) in [6.07, 6.45) is 0.319. The number of hydrogen-bond donors (Lipinski definition) is 0. The van der Waals surface area contributed by atoms with E-state index in [-0.39, 0.29) is 5.78 Å². The van der Waals surface area contributed by atoms with Gasteiger partial charge in [-0.05, 0) is 13.0 Å². The number of aryl methyl sites for hydroxylation is 2. The van der Waals surface area contributed by atoms with Crippen molar-refractivity contribution >= 4 is 28.0 Å². The van der Waals surface area contributed by atoms with E-state index in [0.717, 1.165) is 21.6 Å². The maximum absolute atomic E-state index is 12.3. The first kappa shape index (κ1) is 12.0. The van der Waals surface area contributed by atoms with Crippen LogP contribution in [0.15, 0.2) is 29.6 Å². The lowest BCUT2D eigenvalue weighted by atomic mass is 10.1. The van der Waals surface area contributed by atoms with E-state index in [1.807, 2.05) is 43.6 Å². The molecule has 5 heteroatoms. The maximum atomic E-state index is 12.3. The van der Waals surface area contributed by atoms with E-state index in [4.69, 9.17) is 0 Å². The van der Waals surface area contributed by atoms with E-state index < -0.39 is 0 Å². The Hall–Kier alpha value is -2.01. The van der Waals surface area contributed by atoms with Crippen LogP contribution in [-0.2, 0) is 13.5 Å². The highest BCUT2D eigenvalue weighted by atomic mass is 32.1. The summed E-state index contributed by atoms with van der Waals surface area (Å²) in [6, 6.07) is 7.77. The van der Waals surface area contributed by atoms with Gasteiger partial charge in [0.1, 0.15) is 10.7 Å². The van der Waals surface area contributed by atoms with Crippen LogP contribution in [0.4, 0.5) is 0 Å². The summed E-state index contributed by atoms with van der Waals surface area (Å²) in [5.74, 6) is 0.0196. The average molecular weight is 271 g/mol. The zero-order valence-electron chi connectivity index (χ0n) is 10.8. The fourth-order valence-corrected chi connectivity index (χ4v) is 2.90. The van der Waals surface area contributed by atoms with Gasteiger partial charge in [0.25, 0.3) is 0 Å². The Labute approximate surface area is 114 Å². The molecule has 0 saturated heterocycles. The first-order valence-electron chi connectivity index (χ1n) is 6.01. The molecular formula is C14H13N3OS. The van der Waals surface area contributed by atoms with E-state index in [1.165, 1.54) is 11.3 Å². The zero-order chi connectivity index (χ0) is 13.4. The van der Waals surface area contributed by atoms with Gasteiger partial charge in [-0.2, -0.15) is 5.10 Å². The standard InChI is InChI=1S/C14H13N3OS/c1-9-8-19-13(15-9)7-12(18)14-10-5-3-4-6-11(10)17(2)16-14/h3-6,8H,7H2,1-2H3. The molecule has 1 aromatic carbocycles. The molecule has 0 atom stereocenters. The van der Waals surface area contributed by atoms with E-state index in [2.05, 4.69) is 10.1 Å². The summed E-state index contributed by atoms with van der Waals surface area (Å²) in [5, 5.41) is 8.04. The van der Waals surface area contributed by atoms with Crippen molar-refractivity contribution in [3.63, 3.8) is 0 Å². The van der Waals surface area contributed by atoms with E-state index in [1.54, 1.807) is 4.68 Å². The van der Waals surface area contributed by atoms with Crippen molar-refractivity contribution in [3.05, 3.63) is 46.0 Å². The topological polar surface area (TPSA) is 47.8 Å². The first-order valence-corrected chi connectivity index (χ1v) is 6.89. The lowest BCUT2D eigenvalue weighted by Crippen LogP contribution is -2.05. The Morgan fingerprint density at radius 1 is 1.37 bits per heavy atom. The van der Waals surface area contributed by atoms with Crippen LogP contribution in [-0.4, -0.2) is 20.5 Å². The molecule has 0 N–H and O–H groups in total. The Kier molecular flexibility index (Phi) is 2.91. The molecule has 0 aliphatic rings. The minimum Gasteiger partial charge on any atom is -0.292 e. The summed E-state index contributed by atoms with van der Waals surface area (Å²) in [7, 11) is 1.85. The first-order chi connectivity index (χ1) is 9.15. The van der Waals surface area contributed by atoms with Crippen LogP contribution >= 0.6 is 11.3 Å². The van der Waals surface area contributed by atoms with Gasteiger partial charge in [-0.3, -0.25) is 9.48 Å². The number of hydrogen-bond acceptors (Lipinski definition) is 4. The van der Waals surface area contributed by atoms with Gasteiger partial charge in [0.15, 0.2) is 5.78 Å². The van der Waals surface area contributed by atoms with Crippen LogP contribution in [0.3, 0.4) is 0 Å². The van der Waals surface area contributed by atoms with Crippen molar-refractivity contribution < 1.29 is 4.79 Å². The van der Waals surface area contributed by atoms with Crippen LogP contribution in [0.1, 0.15) is 21.2 Å². The SMILES string of the molecule is Cc1csc(CC(=O)c2nn(C)c3ccccc23)n1. The number of para-hydroxylation sites is 1. The van der Waals surface area contributed by atoms with Crippen molar-refractivity contribution in [2.75, 3.05) is 0 Å². The summed E-state index contributed by atoms with van der Waals surface area (Å²) in [6.45, 7) is 1.93. The number of thiazole rings is 1. The highest BCUT2D eigenvalue weighted by molar-refractivity contribution is 7.09. The number of fused-ring (bicyclic) bond motifs is 1. The molecule has 0 amide bonds. The number of nitrogens with zero attached hydrogens (tertiary/aromatic N) is 3. The van der Waals surface area contributed by atoms with E-state index in [9.17, 15) is 4.79 Å². The van der Waals surface area contributed by atoms with Crippen molar-refractivity contribution in [1.29, 1.82) is 0 Å². The molecule has 0 saturated carbocycles. The Morgan fingerprint density at radius 2 is 2.16 bits per heavy atom. The van der Waals surface area contributed by atoms with Crippen LogP contribution in [0.5, 0.6) is 0 Å². The van der Waals surface area contributed by atoms with Crippen molar-refractivity contribution in [2.24, 2.45) is 7.05 Å². The molecule has 2 aromatic heterocycles. The van der Waals surface area contributed by atoms with Gasteiger partial charge in [0, 0.05) is 23.5 Å². The number of rotatable bonds is 3. The number of benzene rings is 1. The van der Waals surface area contributed by atoms with E-state index in [0.29, 0.717) is 12.1 Å². The molecule has 0 unspecified atom stereocenters. The normalized spacial score (nSPS) is 11.1. The third-order valence-corrected chi connectivity index (χ3v) is 3.97. The Balaban J connectivity index is 1.98. The molecule has 4 nitrogen and oxygen atoms in total. The second kappa shape index (κ2) is 4.59. The van der Waals surface area contributed by atoms with Gasteiger partial charge in [0.05, 0.1) is 11.9 Å². The molecule has 0 spiro atoms. The van der Waals surface area contributed by atoms with Gasteiger partial charge in [-0.1, -0.05) is 18.2 Å². The minimum absolute atomic E-state index is 0.0196. The van der Waals surface area contributed by atoms with E-state index >= 15 is 0 Å². The summed E-state index contributed by atoms with van der Waals surface area (Å²) in [5.41, 5.74) is 2.46. The lowest BCUT2D eigenvalue weighted by molar-refractivity contribution is 0.0989. The highest BCUT2D eigenvalue weighted by Crippen LogP contribution is 2.20. The number of carbonyl (C=O) groups excluding carboxylic acids is 1. The molecule has 0 bridgehead atoms. The van der Waals surface area contributed by atoms with Crippen LogP contribution < -0.4 is 0 Å². The second-order valence-corrected chi connectivity index (χ2v) is 5.41. The molecule has 3 rings (SSSR count). The minimum atomic E-state index is 0.0196. The fraction of sp³-hybridized carbons (Fsp3) is 0.214. The highest BCUT2D eigenvalue weighted by Gasteiger charge is 2.17. The second-order valence-electron chi connectivity index (χ2n) is 4.47. The van der Waals surface area contributed by atoms with Crippen LogP contribution in [0, 0.1) is 6.92 Å². The molecule has 0 aliphatic carbocycles. The van der Waals surface area contributed by atoms with Gasteiger partial charge < -0.3 is 0 Å². The largest absolute Gasteiger partial charge is 0.292 e. The Morgan fingerprint density at radius 3 is 2.89 bits per heavy atom. The molecule has 19 heavy (non-hydrogen) atoms. The van der Waals surface area contributed by atoms with Crippen molar-refractivity contribution in [2.45, 2.75) is 13.3 Å². The third-order valence-electron chi connectivity index (χ3n) is 3.00. The van der Waals surface area contributed by atoms with Crippen molar-refractivity contribution in [3.8, 4) is 0 Å². The molecular weight excluding hydrogens is 258 g/mol. The van der Waals surface area contributed by atoms with Crippen LogP contribution in [0.25, 0.3) is 10.9 Å². The number of aromatic nitrogens is 3. The predicted octanol–water partition coefficient (Wildman–Crippen LogP) is 2.76. The summed E-state index contributed by atoms with van der Waals surface area (Å²) < 4.78 is 1.75.